The van der Waals surface area contributed by atoms with Crippen LogP contribution in [-0.4, -0.2) is 12.3 Å². The molecule has 0 atom stereocenters. The number of aliphatic imine (C=N–C) groups is 1. The van der Waals surface area contributed by atoms with Gasteiger partial charge in [-0.25, -0.2) is 0 Å². The Bertz CT molecular complexity index is 84.6. The molecule has 0 aliphatic carbocycles. The van der Waals surface area contributed by atoms with Crippen LogP contribution in [0.15, 0.2) is 4.99 Å². The minimum absolute atomic E-state index is 0.877. The minimum atomic E-state index is 0.877. The molecule has 1 radical (unpaired) electrons. The molecular formula is C8H16N. The molecule has 0 aliphatic rings. The summed E-state index contributed by atoms with van der Waals surface area (Å²) in [5.74, 6) is 0. The van der Waals surface area contributed by atoms with E-state index < -0.39 is 0 Å². The van der Waals surface area contributed by atoms with Crippen molar-refractivity contribution in [2.75, 3.05) is 6.54 Å². The number of nitrogens with zero attached hydrogens (tertiary/aromatic N) is 1. The topological polar surface area (TPSA) is 12.4 Å². The molecule has 0 saturated heterocycles. The van der Waals surface area contributed by atoms with Crippen LogP contribution in [0, 0.1) is 6.92 Å². The van der Waals surface area contributed by atoms with Crippen LogP contribution >= 0.6 is 0 Å². The molecule has 9 heavy (non-hydrogen) atoms. The van der Waals surface area contributed by atoms with Gasteiger partial charge in [-0.15, -0.1) is 0 Å². The largest absolute Gasteiger partial charge is 0.294 e. The second-order valence-electron chi connectivity index (χ2n) is 2.04. The first-order chi connectivity index (χ1) is 4.35. The molecule has 0 heterocycles. The van der Waals surface area contributed by atoms with Gasteiger partial charge in [0.1, 0.15) is 0 Å². The molecule has 0 saturated carbocycles. The van der Waals surface area contributed by atoms with Crippen LogP contribution in [0.25, 0.3) is 0 Å². The third-order valence-electron chi connectivity index (χ3n) is 1.21. The molecule has 0 aromatic rings. The molecule has 0 N–H and O–H groups in total. The van der Waals surface area contributed by atoms with Crippen molar-refractivity contribution in [1.29, 1.82) is 0 Å². The Morgan fingerprint density at radius 3 is 2.44 bits per heavy atom. The summed E-state index contributed by atoms with van der Waals surface area (Å²) < 4.78 is 0. The summed E-state index contributed by atoms with van der Waals surface area (Å²) in [6, 6.07) is 0. The Balaban J connectivity index is 3.53. The van der Waals surface area contributed by atoms with E-state index >= 15 is 0 Å². The fourth-order valence-corrected chi connectivity index (χ4v) is 0.795. The Labute approximate surface area is 58.2 Å². The lowest BCUT2D eigenvalue weighted by Gasteiger charge is -1.98. The van der Waals surface area contributed by atoms with Crippen molar-refractivity contribution in [3.63, 3.8) is 0 Å². The molecule has 0 fully saturated rings. The molecule has 0 aromatic heterocycles. The lowest BCUT2D eigenvalue weighted by molar-refractivity contribution is 0.958. The predicted octanol–water partition coefficient (Wildman–Crippen LogP) is 2.47. The van der Waals surface area contributed by atoms with Crippen LogP contribution in [0.5, 0.6) is 0 Å². The first-order valence-corrected chi connectivity index (χ1v) is 3.66. The van der Waals surface area contributed by atoms with Crippen LogP contribution in [0.3, 0.4) is 0 Å². The molecule has 0 amide bonds. The molecule has 0 unspecified atom stereocenters. The summed E-state index contributed by atoms with van der Waals surface area (Å²) in [4.78, 5) is 4.29. The summed E-state index contributed by atoms with van der Waals surface area (Å²) in [6.45, 7) is 8.93. The lowest BCUT2D eigenvalue weighted by atomic mass is 10.2. The molecule has 0 bridgehead atoms. The van der Waals surface area contributed by atoms with Crippen molar-refractivity contribution in [2.45, 2.75) is 33.1 Å². The fraction of sp³-hybridized carbons (Fsp3) is 0.750. The average Bonchev–Trinajstić information content (AvgIpc) is 1.88. The van der Waals surface area contributed by atoms with Gasteiger partial charge in [0.25, 0.3) is 0 Å². The maximum atomic E-state index is 4.29. The predicted molar refractivity (Wildman–Crippen MR) is 42.9 cm³/mol. The summed E-state index contributed by atoms with van der Waals surface area (Å²) in [5.41, 5.74) is 1.26. The second kappa shape index (κ2) is 5.80. The SMILES string of the molecule is [CH2]CC(CCC)=NCC. The first-order valence-electron chi connectivity index (χ1n) is 3.66. The Morgan fingerprint density at radius 1 is 1.44 bits per heavy atom. The van der Waals surface area contributed by atoms with Gasteiger partial charge < -0.3 is 0 Å². The van der Waals surface area contributed by atoms with Gasteiger partial charge in [-0.1, -0.05) is 13.3 Å². The van der Waals surface area contributed by atoms with Gasteiger partial charge in [0.05, 0.1) is 0 Å². The molecule has 0 aliphatic heterocycles. The van der Waals surface area contributed by atoms with Crippen LogP contribution in [0.2, 0.25) is 0 Å². The minimum Gasteiger partial charge on any atom is -0.294 e. The normalized spacial score (nSPS) is 12.1. The van der Waals surface area contributed by atoms with Crippen LogP contribution in [0.1, 0.15) is 33.1 Å². The lowest BCUT2D eigenvalue weighted by Crippen LogP contribution is -1.95. The highest BCUT2D eigenvalue weighted by atomic mass is 14.7. The van der Waals surface area contributed by atoms with Crippen LogP contribution < -0.4 is 0 Å². The highest BCUT2D eigenvalue weighted by molar-refractivity contribution is 5.84. The molecule has 0 aromatic carbocycles. The first kappa shape index (κ1) is 8.67. The highest BCUT2D eigenvalue weighted by Gasteiger charge is 1.90. The zero-order valence-corrected chi connectivity index (χ0v) is 6.48. The summed E-state index contributed by atoms with van der Waals surface area (Å²) >= 11 is 0. The standard InChI is InChI=1S/C8H16N/c1-4-7-8(5-2)9-6-3/h2,4-7H2,1,3H3. The zero-order chi connectivity index (χ0) is 7.11. The molecule has 0 rings (SSSR count). The molecule has 0 spiro atoms. The van der Waals surface area contributed by atoms with Crippen molar-refractivity contribution in [1.82, 2.24) is 0 Å². The van der Waals surface area contributed by atoms with E-state index in [0.717, 1.165) is 19.4 Å². The maximum absolute atomic E-state index is 4.29. The Hall–Kier alpha value is -0.330. The number of rotatable bonds is 4. The van der Waals surface area contributed by atoms with Crippen LogP contribution in [0.4, 0.5) is 0 Å². The van der Waals surface area contributed by atoms with Crippen molar-refractivity contribution in [2.24, 2.45) is 4.99 Å². The van der Waals surface area contributed by atoms with Crippen molar-refractivity contribution < 1.29 is 0 Å². The van der Waals surface area contributed by atoms with Crippen molar-refractivity contribution in [3.05, 3.63) is 6.92 Å². The average molecular weight is 126 g/mol. The number of hydrogen-bond acceptors (Lipinski definition) is 1. The highest BCUT2D eigenvalue weighted by Crippen LogP contribution is 1.95. The van der Waals surface area contributed by atoms with Crippen LogP contribution in [-0.2, 0) is 0 Å². The van der Waals surface area contributed by atoms with Gasteiger partial charge in [-0.2, -0.15) is 0 Å². The molecular weight excluding hydrogens is 110 g/mol. The van der Waals surface area contributed by atoms with Crippen molar-refractivity contribution in [3.8, 4) is 0 Å². The molecule has 1 nitrogen and oxygen atoms in total. The van der Waals surface area contributed by atoms with Gasteiger partial charge in [0, 0.05) is 12.3 Å². The van der Waals surface area contributed by atoms with Gasteiger partial charge in [0.2, 0.25) is 0 Å². The molecule has 1 heteroatoms. The summed E-state index contributed by atoms with van der Waals surface area (Å²) in [6.07, 6.45) is 3.19. The summed E-state index contributed by atoms with van der Waals surface area (Å²) in [5, 5.41) is 0. The second-order valence-corrected chi connectivity index (χ2v) is 2.04. The van der Waals surface area contributed by atoms with Gasteiger partial charge in [0.15, 0.2) is 0 Å². The van der Waals surface area contributed by atoms with E-state index in [1.54, 1.807) is 0 Å². The summed E-state index contributed by atoms with van der Waals surface area (Å²) in [7, 11) is 0. The quantitative estimate of drug-likeness (QED) is 0.513. The van der Waals surface area contributed by atoms with E-state index in [1.807, 2.05) is 0 Å². The third kappa shape index (κ3) is 4.19. The van der Waals surface area contributed by atoms with E-state index in [2.05, 4.69) is 25.8 Å². The van der Waals surface area contributed by atoms with E-state index in [-0.39, 0.29) is 0 Å². The Morgan fingerprint density at radius 2 is 2.11 bits per heavy atom. The van der Waals surface area contributed by atoms with Gasteiger partial charge in [-0.3, -0.25) is 4.99 Å². The van der Waals surface area contributed by atoms with E-state index in [0.29, 0.717) is 0 Å². The van der Waals surface area contributed by atoms with E-state index in [1.165, 1.54) is 12.1 Å². The maximum Gasteiger partial charge on any atom is 0.0360 e. The van der Waals surface area contributed by atoms with Gasteiger partial charge in [-0.05, 0) is 26.7 Å². The monoisotopic (exact) mass is 126 g/mol. The third-order valence-corrected chi connectivity index (χ3v) is 1.21. The fourth-order valence-electron chi connectivity index (χ4n) is 0.795. The van der Waals surface area contributed by atoms with E-state index in [4.69, 9.17) is 0 Å². The number of hydrogen-bond donors (Lipinski definition) is 0. The van der Waals surface area contributed by atoms with E-state index in [9.17, 15) is 0 Å². The van der Waals surface area contributed by atoms with Crippen molar-refractivity contribution >= 4 is 5.71 Å². The molecule has 53 valence electrons. The smallest absolute Gasteiger partial charge is 0.0360 e. The Kier molecular flexibility index (Phi) is 5.59. The van der Waals surface area contributed by atoms with Gasteiger partial charge >= 0.3 is 0 Å². The zero-order valence-electron chi connectivity index (χ0n) is 6.48.